The Morgan fingerprint density at radius 2 is 1.66 bits per heavy atom. The summed E-state index contributed by atoms with van der Waals surface area (Å²) in [4.78, 5) is 17.5. The van der Waals surface area contributed by atoms with Crippen molar-refractivity contribution in [2.24, 2.45) is 0 Å². The van der Waals surface area contributed by atoms with Crippen LogP contribution in [0.1, 0.15) is 16.7 Å². The third kappa shape index (κ3) is 5.96. The number of hydrogen-bond donors (Lipinski definition) is 0. The molecule has 1 saturated heterocycles. The van der Waals surface area contributed by atoms with Crippen LogP contribution in [-0.4, -0.2) is 67.9 Å². The van der Waals surface area contributed by atoms with Gasteiger partial charge in [0.1, 0.15) is 0 Å². The molecule has 200 valence electrons. The second-order valence-electron chi connectivity index (χ2n) is 9.50. The molecule has 2 aliphatic rings. The minimum atomic E-state index is -3.93. The first-order valence-corrected chi connectivity index (χ1v) is 14.3. The van der Waals surface area contributed by atoms with E-state index in [1.807, 2.05) is 49.4 Å². The fourth-order valence-electron chi connectivity index (χ4n) is 4.66. The number of sulfonamides is 1. The molecule has 0 aromatic heterocycles. The van der Waals surface area contributed by atoms with Crippen LogP contribution in [0.3, 0.4) is 0 Å². The zero-order valence-electron chi connectivity index (χ0n) is 21.2. The van der Waals surface area contributed by atoms with Crippen LogP contribution in [0, 0.1) is 6.92 Å². The molecule has 0 aliphatic carbocycles. The van der Waals surface area contributed by atoms with Gasteiger partial charge in [-0.2, -0.15) is 4.31 Å². The Morgan fingerprint density at radius 1 is 0.947 bits per heavy atom. The lowest BCUT2D eigenvalue weighted by molar-refractivity contribution is -0.133. The van der Waals surface area contributed by atoms with E-state index < -0.39 is 10.0 Å². The van der Waals surface area contributed by atoms with Gasteiger partial charge in [-0.15, -0.1) is 0 Å². The first-order chi connectivity index (χ1) is 18.3. The van der Waals surface area contributed by atoms with E-state index in [0.717, 1.165) is 34.7 Å². The number of nitrogens with zero attached hydrogens (tertiary/aromatic N) is 3. The van der Waals surface area contributed by atoms with Gasteiger partial charge in [-0.3, -0.25) is 9.69 Å². The molecule has 1 fully saturated rings. The van der Waals surface area contributed by atoms with Crippen molar-refractivity contribution < 1.29 is 22.7 Å². The molecular weight excluding hydrogens is 526 g/mol. The summed E-state index contributed by atoms with van der Waals surface area (Å²) < 4.78 is 39.3. The third-order valence-electron chi connectivity index (χ3n) is 6.94. The van der Waals surface area contributed by atoms with E-state index in [4.69, 9.17) is 21.1 Å². The molecule has 5 rings (SSSR count). The normalized spacial score (nSPS) is 15.7. The van der Waals surface area contributed by atoms with Crippen LogP contribution in [0.25, 0.3) is 0 Å². The minimum Gasteiger partial charge on any atom is -0.454 e. The highest BCUT2D eigenvalue weighted by Crippen LogP contribution is 2.33. The SMILES string of the molecule is Cc1ccccc1CN(CC(=O)N1CCN(Cc2ccc3c(c2)OCO3)CC1)S(=O)(=O)c1ccc(Cl)cc1. The van der Waals surface area contributed by atoms with Crippen molar-refractivity contribution in [3.8, 4) is 11.5 Å². The average molecular weight is 556 g/mol. The molecule has 3 aromatic carbocycles. The smallest absolute Gasteiger partial charge is 0.243 e. The second-order valence-corrected chi connectivity index (χ2v) is 11.9. The molecule has 38 heavy (non-hydrogen) atoms. The lowest BCUT2D eigenvalue weighted by Crippen LogP contribution is -2.51. The Balaban J connectivity index is 1.26. The molecule has 10 heteroatoms. The van der Waals surface area contributed by atoms with Crippen molar-refractivity contribution in [1.82, 2.24) is 14.1 Å². The maximum Gasteiger partial charge on any atom is 0.243 e. The quantitative estimate of drug-likeness (QED) is 0.419. The summed E-state index contributed by atoms with van der Waals surface area (Å²) in [5.41, 5.74) is 2.94. The summed E-state index contributed by atoms with van der Waals surface area (Å²) in [6, 6.07) is 19.6. The van der Waals surface area contributed by atoms with E-state index in [0.29, 0.717) is 31.2 Å². The highest BCUT2D eigenvalue weighted by Gasteiger charge is 2.30. The molecule has 8 nitrogen and oxygen atoms in total. The van der Waals surface area contributed by atoms with E-state index in [9.17, 15) is 13.2 Å². The van der Waals surface area contributed by atoms with Crippen LogP contribution in [0.4, 0.5) is 0 Å². The summed E-state index contributed by atoms with van der Waals surface area (Å²) in [7, 11) is -3.93. The van der Waals surface area contributed by atoms with E-state index in [1.165, 1.54) is 16.4 Å². The van der Waals surface area contributed by atoms with E-state index in [1.54, 1.807) is 17.0 Å². The molecule has 0 saturated carbocycles. The molecule has 1 amide bonds. The fraction of sp³-hybridized carbons (Fsp3) is 0.321. The van der Waals surface area contributed by atoms with Crippen LogP contribution in [-0.2, 0) is 27.9 Å². The topological polar surface area (TPSA) is 79.4 Å². The number of amides is 1. The predicted octanol–water partition coefficient (Wildman–Crippen LogP) is 3.91. The summed E-state index contributed by atoms with van der Waals surface area (Å²) in [5.74, 6) is 1.30. The van der Waals surface area contributed by atoms with Crippen molar-refractivity contribution in [1.29, 1.82) is 0 Å². The standard InChI is InChI=1S/C28H30ClN3O5S/c1-21-4-2-3-5-23(21)18-32(38(34,35)25-9-7-24(29)8-10-25)19-28(33)31-14-12-30(13-15-31)17-22-6-11-26-27(16-22)37-20-36-26/h2-11,16H,12-15,17-20H2,1H3. The summed E-state index contributed by atoms with van der Waals surface area (Å²) >= 11 is 5.98. The Hall–Kier alpha value is -3.11. The number of rotatable bonds is 8. The van der Waals surface area contributed by atoms with E-state index in [2.05, 4.69) is 4.90 Å². The molecule has 0 radical (unpaired) electrons. The van der Waals surface area contributed by atoms with Gasteiger partial charge in [0.15, 0.2) is 11.5 Å². The van der Waals surface area contributed by atoms with Crippen LogP contribution >= 0.6 is 11.6 Å². The molecule has 0 unspecified atom stereocenters. The molecule has 0 spiro atoms. The van der Waals surface area contributed by atoms with Gasteiger partial charge in [-0.1, -0.05) is 41.9 Å². The number of hydrogen-bond acceptors (Lipinski definition) is 6. The third-order valence-corrected chi connectivity index (χ3v) is 9.00. The van der Waals surface area contributed by atoms with Crippen molar-refractivity contribution >= 4 is 27.5 Å². The number of fused-ring (bicyclic) bond motifs is 1. The molecule has 3 aromatic rings. The van der Waals surface area contributed by atoms with Crippen molar-refractivity contribution in [3.05, 3.63) is 88.4 Å². The largest absolute Gasteiger partial charge is 0.454 e. The first kappa shape index (κ1) is 26.5. The highest BCUT2D eigenvalue weighted by molar-refractivity contribution is 7.89. The average Bonchev–Trinajstić information content (AvgIpc) is 3.38. The summed E-state index contributed by atoms with van der Waals surface area (Å²) in [5, 5.41) is 0.448. The lowest BCUT2D eigenvalue weighted by Gasteiger charge is -2.35. The van der Waals surface area contributed by atoms with Gasteiger partial charge in [-0.05, 0) is 60.0 Å². The molecule has 0 bridgehead atoms. The Kier molecular flexibility index (Phi) is 7.90. The zero-order valence-corrected chi connectivity index (χ0v) is 22.7. The van der Waals surface area contributed by atoms with E-state index in [-0.39, 0.29) is 30.7 Å². The maximum atomic E-state index is 13.6. The molecule has 0 N–H and O–H groups in total. The predicted molar refractivity (Wildman–Crippen MR) is 145 cm³/mol. The number of aryl methyl sites for hydroxylation is 1. The molecular formula is C28H30ClN3O5S. The molecule has 2 aliphatic heterocycles. The van der Waals surface area contributed by atoms with Gasteiger partial charge in [0.2, 0.25) is 22.7 Å². The number of carbonyl (C=O) groups is 1. The van der Waals surface area contributed by atoms with Crippen LogP contribution in [0.15, 0.2) is 71.6 Å². The van der Waals surface area contributed by atoms with Crippen LogP contribution in [0.5, 0.6) is 11.5 Å². The zero-order chi connectivity index (χ0) is 26.7. The number of carbonyl (C=O) groups excluding carboxylic acids is 1. The number of ether oxygens (including phenoxy) is 2. The molecule has 0 atom stereocenters. The van der Waals surface area contributed by atoms with E-state index >= 15 is 0 Å². The van der Waals surface area contributed by atoms with Gasteiger partial charge in [0.25, 0.3) is 0 Å². The highest BCUT2D eigenvalue weighted by atomic mass is 35.5. The maximum absolute atomic E-state index is 13.6. The lowest BCUT2D eigenvalue weighted by atomic mass is 10.1. The number of halogens is 1. The first-order valence-electron chi connectivity index (χ1n) is 12.5. The monoisotopic (exact) mass is 555 g/mol. The Bertz CT molecular complexity index is 1410. The number of piperazine rings is 1. The van der Waals surface area contributed by atoms with Gasteiger partial charge in [0.05, 0.1) is 11.4 Å². The Labute approximate surface area is 228 Å². The van der Waals surface area contributed by atoms with Crippen molar-refractivity contribution in [2.45, 2.75) is 24.9 Å². The fourth-order valence-corrected chi connectivity index (χ4v) is 6.16. The Morgan fingerprint density at radius 3 is 2.39 bits per heavy atom. The second kappa shape index (κ2) is 11.3. The summed E-state index contributed by atoms with van der Waals surface area (Å²) in [6.45, 7) is 5.24. The minimum absolute atomic E-state index is 0.105. The van der Waals surface area contributed by atoms with Gasteiger partial charge in [-0.25, -0.2) is 8.42 Å². The summed E-state index contributed by atoms with van der Waals surface area (Å²) in [6.07, 6.45) is 0. The van der Waals surface area contributed by atoms with Gasteiger partial charge < -0.3 is 14.4 Å². The van der Waals surface area contributed by atoms with Gasteiger partial charge in [0, 0.05) is 44.3 Å². The number of benzene rings is 3. The van der Waals surface area contributed by atoms with Crippen molar-refractivity contribution in [3.63, 3.8) is 0 Å². The van der Waals surface area contributed by atoms with Crippen molar-refractivity contribution in [2.75, 3.05) is 39.5 Å². The molecule has 2 heterocycles. The van der Waals surface area contributed by atoms with Crippen LogP contribution in [0.2, 0.25) is 5.02 Å². The van der Waals surface area contributed by atoms with Crippen LogP contribution < -0.4 is 9.47 Å². The van der Waals surface area contributed by atoms with Gasteiger partial charge >= 0.3 is 0 Å².